The summed E-state index contributed by atoms with van der Waals surface area (Å²) in [4.78, 5) is 11.1. The van der Waals surface area contributed by atoms with Crippen molar-refractivity contribution < 1.29 is 9.53 Å². The third-order valence-electron chi connectivity index (χ3n) is 4.10. The van der Waals surface area contributed by atoms with Gasteiger partial charge in [-0.15, -0.1) is 0 Å². The zero-order valence-electron chi connectivity index (χ0n) is 12.5. The fourth-order valence-electron chi connectivity index (χ4n) is 2.91. The standard InChI is InChI=1S/C16H24N2O2/c1-11-4-9-15(12(2)10-11)17-13-5-7-14(8-6-13)18-16(19)20-3/h5-8,11-12,15,17H,4,9-10H2,1-3H3,(H,18,19). The predicted molar refractivity (Wildman–Crippen MR) is 82.1 cm³/mol. The number of carbonyl (C=O) groups excluding carboxylic acids is 1. The van der Waals surface area contributed by atoms with E-state index >= 15 is 0 Å². The molecule has 4 nitrogen and oxygen atoms in total. The number of hydrogen-bond donors (Lipinski definition) is 2. The number of ether oxygens (including phenoxy) is 1. The normalized spacial score (nSPS) is 25.9. The van der Waals surface area contributed by atoms with E-state index < -0.39 is 6.09 Å². The summed E-state index contributed by atoms with van der Waals surface area (Å²) < 4.78 is 4.56. The van der Waals surface area contributed by atoms with Crippen LogP contribution in [0.15, 0.2) is 24.3 Å². The van der Waals surface area contributed by atoms with Crippen LogP contribution in [0.4, 0.5) is 16.2 Å². The molecule has 3 unspecified atom stereocenters. The van der Waals surface area contributed by atoms with E-state index in [0.717, 1.165) is 17.3 Å². The topological polar surface area (TPSA) is 50.4 Å². The first-order valence-corrected chi connectivity index (χ1v) is 7.30. The Hall–Kier alpha value is -1.71. The Kier molecular flexibility index (Phi) is 4.88. The van der Waals surface area contributed by atoms with Crippen molar-refractivity contribution in [1.82, 2.24) is 0 Å². The largest absolute Gasteiger partial charge is 0.453 e. The van der Waals surface area contributed by atoms with Gasteiger partial charge in [-0.2, -0.15) is 0 Å². The van der Waals surface area contributed by atoms with Crippen molar-refractivity contribution in [3.63, 3.8) is 0 Å². The van der Waals surface area contributed by atoms with Crippen LogP contribution in [0.3, 0.4) is 0 Å². The van der Waals surface area contributed by atoms with Gasteiger partial charge in [-0.25, -0.2) is 4.79 Å². The van der Waals surface area contributed by atoms with Crippen molar-refractivity contribution in [3.8, 4) is 0 Å². The van der Waals surface area contributed by atoms with Crippen LogP contribution in [0.2, 0.25) is 0 Å². The summed E-state index contributed by atoms with van der Waals surface area (Å²) in [5.41, 5.74) is 1.85. The van der Waals surface area contributed by atoms with Gasteiger partial charge in [0.1, 0.15) is 0 Å². The van der Waals surface area contributed by atoms with Gasteiger partial charge in [0.25, 0.3) is 0 Å². The van der Waals surface area contributed by atoms with Crippen LogP contribution in [-0.2, 0) is 4.74 Å². The minimum atomic E-state index is -0.444. The quantitative estimate of drug-likeness (QED) is 0.873. The Morgan fingerprint density at radius 3 is 2.40 bits per heavy atom. The van der Waals surface area contributed by atoms with Crippen LogP contribution in [0.5, 0.6) is 0 Å². The van der Waals surface area contributed by atoms with Crippen molar-refractivity contribution in [2.45, 2.75) is 39.2 Å². The van der Waals surface area contributed by atoms with Crippen LogP contribution in [0, 0.1) is 11.8 Å². The summed E-state index contributed by atoms with van der Waals surface area (Å²) in [6.07, 6.45) is 3.37. The Morgan fingerprint density at radius 1 is 1.15 bits per heavy atom. The monoisotopic (exact) mass is 276 g/mol. The van der Waals surface area contributed by atoms with Gasteiger partial charge in [-0.1, -0.05) is 13.8 Å². The van der Waals surface area contributed by atoms with E-state index in [0.29, 0.717) is 12.0 Å². The van der Waals surface area contributed by atoms with Crippen molar-refractivity contribution in [3.05, 3.63) is 24.3 Å². The molecule has 1 aromatic rings. The molecule has 0 heterocycles. The van der Waals surface area contributed by atoms with Crippen molar-refractivity contribution in [1.29, 1.82) is 0 Å². The molecule has 0 aliphatic heterocycles. The van der Waals surface area contributed by atoms with Crippen molar-refractivity contribution >= 4 is 17.5 Å². The van der Waals surface area contributed by atoms with E-state index in [-0.39, 0.29) is 0 Å². The van der Waals surface area contributed by atoms with E-state index in [1.54, 1.807) is 0 Å². The fourth-order valence-corrected chi connectivity index (χ4v) is 2.91. The number of nitrogens with one attached hydrogen (secondary N) is 2. The number of rotatable bonds is 3. The number of carbonyl (C=O) groups is 1. The summed E-state index contributed by atoms with van der Waals surface area (Å²) in [5.74, 6) is 1.54. The summed E-state index contributed by atoms with van der Waals surface area (Å²) >= 11 is 0. The maximum absolute atomic E-state index is 11.1. The predicted octanol–water partition coefficient (Wildman–Crippen LogP) is 4.10. The first-order valence-electron chi connectivity index (χ1n) is 7.30. The lowest BCUT2D eigenvalue weighted by atomic mass is 9.80. The molecule has 3 atom stereocenters. The van der Waals surface area contributed by atoms with Crippen LogP contribution in [0.25, 0.3) is 0 Å². The molecule has 20 heavy (non-hydrogen) atoms. The smallest absolute Gasteiger partial charge is 0.411 e. The molecule has 1 aliphatic carbocycles. The summed E-state index contributed by atoms with van der Waals surface area (Å²) in [7, 11) is 1.36. The molecule has 1 fully saturated rings. The minimum absolute atomic E-state index is 0.444. The average Bonchev–Trinajstić information content (AvgIpc) is 2.44. The molecule has 0 spiro atoms. The molecule has 2 rings (SSSR count). The molecule has 0 radical (unpaired) electrons. The highest BCUT2D eigenvalue weighted by atomic mass is 16.5. The Balaban J connectivity index is 1.92. The Bertz CT molecular complexity index is 444. The third-order valence-corrected chi connectivity index (χ3v) is 4.10. The second-order valence-corrected chi connectivity index (χ2v) is 5.84. The van der Waals surface area contributed by atoms with Crippen molar-refractivity contribution in [2.24, 2.45) is 11.8 Å². The molecule has 4 heteroatoms. The molecule has 0 saturated heterocycles. The maximum atomic E-state index is 11.1. The summed E-state index contributed by atoms with van der Waals surface area (Å²) in [5, 5.41) is 6.25. The van der Waals surface area contributed by atoms with Gasteiger partial charge in [0.05, 0.1) is 7.11 Å². The molecule has 2 N–H and O–H groups in total. The first kappa shape index (κ1) is 14.7. The highest BCUT2D eigenvalue weighted by molar-refractivity contribution is 5.84. The lowest BCUT2D eigenvalue weighted by Crippen LogP contribution is -2.32. The lowest BCUT2D eigenvalue weighted by Gasteiger charge is -2.33. The van der Waals surface area contributed by atoms with Crippen LogP contribution < -0.4 is 10.6 Å². The number of hydrogen-bond acceptors (Lipinski definition) is 3. The Morgan fingerprint density at radius 2 is 1.80 bits per heavy atom. The van der Waals surface area contributed by atoms with Gasteiger partial charge >= 0.3 is 6.09 Å². The highest BCUT2D eigenvalue weighted by Gasteiger charge is 2.24. The van der Waals surface area contributed by atoms with Gasteiger partial charge in [0, 0.05) is 17.4 Å². The molecule has 1 aromatic carbocycles. The van der Waals surface area contributed by atoms with Gasteiger partial charge in [0.2, 0.25) is 0 Å². The molecule has 0 aromatic heterocycles. The number of amides is 1. The zero-order chi connectivity index (χ0) is 14.5. The van der Waals surface area contributed by atoms with Gasteiger partial charge in [-0.05, 0) is 55.4 Å². The van der Waals surface area contributed by atoms with E-state index in [1.165, 1.54) is 26.4 Å². The molecular weight excluding hydrogens is 252 g/mol. The number of methoxy groups -OCH3 is 1. The van der Waals surface area contributed by atoms with Crippen LogP contribution in [-0.4, -0.2) is 19.2 Å². The average molecular weight is 276 g/mol. The number of anilines is 2. The van der Waals surface area contributed by atoms with E-state index in [4.69, 9.17) is 0 Å². The first-order chi connectivity index (χ1) is 9.58. The molecular formula is C16H24N2O2. The van der Waals surface area contributed by atoms with Crippen LogP contribution in [0.1, 0.15) is 33.1 Å². The van der Waals surface area contributed by atoms with Crippen molar-refractivity contribution in [2.75, 3.05) is 17.7 Å². The highest BCUT2D eigenvalue weighted by Crippen LogP contribution is 2.30. The van der Waals surface area contributed by atoms with E-state index in [9.17, 15) is 4.79 Å². The second-order valence-electron chi connectivity index (χ2n) is 5.84. The SMILES string of the molecule is COC(=O)Nc1ccc(NC2CCC(C)CC2C)cc1. The van der Waals surface area contributed by atoms with Gasteiger partial charge in [-0.3, -0.25) is 5.32 Å². The number of benzene rings is 1. The van der Waals surface area contributed by atoms with Crippen LogP contribution >= 0.6 is 0 Å². The molecule has 1 saturated carbocycles. The third kappa shape index (κ3) is 3.89. The zero-order valence-corrected chi connectivity index (χ0v) is 12.5. The minimum Gasteiger partial charge on any atom is -0.453 e. The van der Waals surface area contributed by atoms with Gasteiger partial charge < -0.3 is 10.1 Å². The molecule has 110 valence electrons. The Labute approximate surface area is 120 Å². The summed E-state index contributed by atoms with van der Waals surface area (Å²) in [6.45, 7) is 4.65. The lowest BCUT2D eigenvalue weighted by molar-refractivity contribution is 0.187. The molecule has 1 aliphatic rings. The van der Waals surface area contributed by atoms with E-state index in [1.807, 2.05) is 24.3 Å². The van der Waals surface area contributed by atoms with Gasteiger partial charge in [0.15, 0.2) is 0 Å². The second kappa shape index (κ2) is 6.64. The fraction of sp³-hybridized carbons (Fsp3) is 0.562. The molecule has 1 amide bonds. The maximum Gasteiger partial charge on any atom is 0.411 e. The summed E-state index contributed by atoms with van der Waals surface area (Å²) in [6, 6.07) is 8.31. The van der Waals surface area contributed by atoms with E-state index in [2.05, 4.69) is 29.2 Å². The molecule has 0 bridgehead atoms.